The van der Waals surface area contributed by atoms with E-state index >= 15 is 0 Å². The van der Waals surface area contributed by atoms with Gasteiger partial charge in [0.1, 0.15) is 0 Å². The Kier molecular flexibility index (Phi) is 7.32. The van der Waals surface area contributed by atoms with Gasteiger partial charge in [-0.25, -0.2) is 0 Å². The minimum atomic E-state index is 0.896. The molecule has 1 nitrogen and oxygen atoms in total. The normalized spacial score (nSPS) is 11.1. The molecule has 0 saturated carbocycles. The van der Waals surface area contributed by atoms with Crippen LogP contribution in [0.1, 0.15) is 64.0 Å². The Labute approximate surface area is 142 Å². The highest BCUT2D eigenvalue weighted by Crippen LogP contribution is 2.22. The molecule has 0 bridgehead atoms. The van der Waals surface area contributed by atoms with Crippen molar-refractivity contribution in [1.29, 1.82) is 0 Å². The number of rotatable bonds is 9. The highest BCUT2D eigenvalue weighted by atomic mass is 14.7. The quantitative estimate of drug-likeness (QED) is 0.518. The fraction of sp³-hybridized carbons (Fsp3) is 0.500. The van der Waals surface area contributed by atoms with Crippen molar-refractivity contribution < 1.29 is 0 Å². The van der Waals surface area contributed by atoms with Crippen molar-refractivity contribution in [1.82, 2.24) is 4.98 Å². The molecular formula is C22H31N. The third kappa shape index (κ3) is 5.49. The number of hydrogen-bond donors (Lipinski definition) is 0. The molecule has 1 aromatic carbocycles. The largest absolute Gasteiger partial charge is 0.256 e. The minimum absolute atomic E-state index is 0.896. The third-order valence-electron chi connectivity index (χ3n) is 4.72. The first-order valence-corrected chi connectivity index (χ1v) is 9.31. The van der Waals surface area contributed by atoms with Crippen LogP contribution in [0.5, 0.6) is 0 Å². The molecule has 0 fully saturated rings. The van der Waals surface area contributed by atoms with Gasteiger partial charge >= 0.3 is 0 Å². The summed E-state index contributed by atoms with van der Waals surface area (Å²) in [5.41, 5.74) is 5.04. The predicted octanol–water partition coefficient (Wildman–Crippen LogP) is 6.46. The number of aryl methyl sites for hydroxylation is 2. The molecule has 1 heterocycles. The fourth-order valence-corrected chi connectivity index (χ4v) is 3.27. The molecule has 0 saturated heterocycles. The Morgan fingerprint density at radius 1 is 0.783 bits per heavy atom. The van der Waals surface area contributed by atoms with E-state index in [1.165, 1.54) is 55.2 Å². The van der Waals surface area contributed by atoms with Crippen molar-refractivity contribution in [3.63, 3.8) is 0 Å². The van der Waals surface area contributed by atoms with Gasteiger partial charge in [-0.15, -0.1) is 0 Å². The molecule has 124 valence electrons. The molecule has 0 aliphatic rings. The van der Waals surface area contributed by atoms with E-state index in [2.05, 4.69) is 62.2 Å². The van der Waals surface area contributed by atoms with Gasteiger partial charge in [0.25, 0.3) is 0 Å². The van der Waals surface area contributed by atoms with E-state index in [-0.39, 0.29) is 0 Å². The molecule has 0 radical (unpaired) electrons. The smallest absolute Gasteiger partial charge is 0.0702 e. The first kappa shape index (κ1) is 17.7. The van der Waals surface area contributed by atoms with Gasteiger partial charge in [-0.3, -0.25) is 4.98 Å². The van der Waals surface area contributed by atoms with Gasteiger partial charge in [-0.1, -0.05) is 76.8 Å². The Morgan fingerprint density at radius 2 is 1.43 bits per heavy atom. The summed E-state index contributed by atoms with van der Waals surface area (Å²) in [7, 11) is 0. The zero-order valence-corrected chi connectivity index (χ0v) is 15.0. The van der Waals surface area contributed by atoms with Crippen molar-refractivity contribution in [3.05, 3.63) is 53.7 Å². The standard InChI is InChI=1S/C22H31N/c1-4-7-19(8-5-2)9-10-20-11-14-21(15-12-20)22-16-13-18(6-3)17-23-22/h11-17,19H,4-10H2,1-3H3. The van der Waals surface area contributed by atoms with Gasteiger partial charge in [-0.2, -0.15) is 0 Å². The van der Waals surface area contributed by atoms with Crippen molar-refractivity contribution in [2.75, 3.05) is 0 Å². The number of benzene rings is 1. The van der Waals surface area contributed by atoms with Crippen molar-refractivity contribution in [3.8, 4) is 11.3 Å². The van der Waals surface area contributed by atoms with E-state index in [0.717, 1.165) is 18.0 Å². The number of pyridine rings is 1. The van der Waals surface area contributed by atoms with Gasteiger partial charge in [0.15, 0.2) is 0 Å². The van der Waals surface area contributed by atoms with Crippen LogP contribution in [0, 0.1) is 5.92 Å². The lowest BCUT2D eigenvalue weighted by molar-refractivity contribution is 0.411. The Morgan fingerprint density at radius 3 is 1.96 bits per heavy atom. The topological polar surface area (TPSA) is 12.9 Å². The van der Waals surface area contributed by atoms with Crippen LogP contribution in [0.2, 0.25) is 0 Å². The number of hydrogen-bond acceptors (Lipinski definition) is 1. The first-order valence-electron chi connectivity index (χ1n) is 9.31. The monoisotopic (exact) mass is 309 g/mol. The number of nitrogens with zero attached hydrogens (tertiary/aromatic N) is 1. The first-order chi connectivity index (χ1) is 11.3. The maximum atomic E-state index is 4.57. The maximum Gasteiger partial charge on any atom is 0.0702 e. The average molecular weight is 309 g/mol. The molecule has 1 heteroatoms. The van der Waals surface area contributed by atoms with Gasteiger partial charge in [0.2, 0.25) is 0 Å². The predicted molar refractivity (Wildman–Crippen MR) is 101 cm³/mol. The van der Waals surface area contributed by atoms with Crippen LogP contribution in [0.3, 0.4) is 0 Å². The summed E-state index contributed by atoms with van der Waals surface area (Å²) < 4.78 is 0. The lowest BCUT2D eigenvalue weighted by Gasteiger charge is -2.15. The summed E-state index contributed by atoms with van der Waals surface area (Å²) in [5, 5.41) is 0. The van der Waals surface area contributed by atoms with Crippen LogP contribution in [0.4, 0.5) is 0 Å². The lowest BCUT2D eigenvalue weighted by atomic mass is 9.91. The molecule has 0 amide bonds. The third-order valence-corrected chi connectivity index (χ3v) is 4.72. The van der Waals surface area contributed by atoms with Gasteiger partial charge < -0.3 is 0 Å². The van der Waals surface area contributed by atoms with E-state index in [1.54, 1.807) is 0 Å². The molecule has 0 spiro atoms. The molecular weight excluding hydrogens is 278 g/mol. The summed E-state index contributed by atoms with van der Waals surface area (Å²) >= 11 is 0. The van der Waals surface area contributed by atoms with Gasteiger partial charge in [-0.05, 0) is 42.4 Å². The Balaban J connectivity index is 1.95. The van der Waals surface area contributed by atoms with Crippen LogP contribution in [0.15, 0.2) is 42.6 Å². The molecule has 0 unspecified atom stereocenters. The van der Waals surface area contributed by atoms with Crippen molar-refractivity contribution in [2.24, 2.45) is 5.92 Å². The zero-order chi connectivity index (χ0) is 16.5. The highest BCUT2D eigenvalue weighted by Gasteiger charge is 2.07. The summed E-state index contributed by atoms with van der Waals surface area (Å²) in [6.07, 6.45) is 10.9. The van der Waals surface area contributed by atoms with Crippen LogP contribution in [-0.4, -0.2) is 4.98 Å². The SMILES string of the molecule is CCCC(CCC)CCc1ccc(-c2ccc(CC)cn2)cc1. The molecule has 0 aliphatic heterocycles. The maximum absolute atomic E-state index is 4.57. The van der Waals surface area contributed by atoms with Crippen LogP contribution >= 0.6 is 0 Å². The van der Waals surface area contributed by atoms with E-state index in [4.69, 9.17) is 0 Å². The van der Waals surface area contributed by atoms with E-state index in [1.807, 2.05) is 6.20 Å². The van der Waals surface area contributed by atoms with Gasteiger partial charge in [0.05, 0.1) is 5.69 Å². The highest BCUT2D eigenvalue weighted by molar-refractivity contribution is 5.59. The molecule has 2 aromatic rings. The molecule has 0 atom stereocenters. The van der Waals surface area contributed by atoms with E-state index < -0.39 is 0 Å². The fourth-order valence-electron chi connectivity index (χ4n) is 3.27. The zero-order valence-electron chi connectivity index (χ0n) is 15.0. The number of aromatic nitrogens is 1. The summed E-state index contributed by atoms with van der Waals surface area (Å²) in [6.45, 7) is 6.76. The molecule has 23 heavy (non-hydrogen) atoms. The minimum Gasteiger partial charge on any atom is -0.256 e. The molecule has 1 aromatic heterocycles. The Bertz CT molecular complexity index is 548. The summed E-state index contributed by atoms with van der Waals surface area (Å²) in [6, 6.07) is 13.3. The second-order valence-corrected chi connectivity index (χ2v) is 6.58. The van der Waals surface area contributed by atoms with Crippen LogP contribution in [0.25, 0.3) is 11.3 Å². The average Bonchev–Trinajstić information content (AvgIpc) is 2.61. The van der Waals surface area contributed by atoms with Crippen LogP contribution < -0.4 is 0 Å². The second kappa shape index (κ2) is 9.50. The van der Waals surface area contributed by atoms with Crippen molar-refractivity contribution in [2.45, 2.75) is 65.7 Å². The van der Waals surface area contributed by atoms with E-state index in [9.17, 15) is 0 Å². The van der Waals surface area contributed by atoms with Crippen LogP contribution in [-0.2, 0) is 12.8 Å². The molecule has 0 N–H and O–H groups in total. The summed E-state index contributed by atoms with van der Waals surface area (Å²) in [5.74, 6) is 0.896. The van der Waals surface area contributed by atoms with Crippen molar-refractivity contribution >= 4 is 0 Å². The molecule has 2 rings (SSSR count). The molecule has 0 aliphatic carbocycles. The second-order valence-electron chi connectivity index (χ2n) is 6.58. The summed E-state index contributed by atoms with van der Waals surface area (Å²) in [4.78, 5) is 4.57. The lowest BCUT2D eigenvalue weighted by Crippen LogP contribution is -2.02. The van der Waals surface area contributed by atoms with E-state index in [0.29, 0.717) is 0 Å². The van der Waals surface area contributed by atoms with Gasteiger partial charge in [0, 0.05) is 11.8 Å². The Hall–Kier alpha value is -1.63.